The Labute approximate surface area is 142 Å². The summed E-state index contributed by atoms with van der Waals surface area (Å²) in [5.41, 5.74) is 1.45. The molecule has 0 N–H and O–H groups in total. The topological polar surface area (TPSA) is 46.6 Å². The minimum atomic E-state index is -0.158. The van der Waals surface area contributed by atoms with E-state index in [9.17, 15) is 9.59 Å². The maximum atomic E-state index is 12.4. The summed E-state index contributed by atoms with van der Waals surface area (Å²) in [5, 5.41) is 0. The summed E-state index contributed by atoms with van der Waals surface area (Å²) >= 11 is 0. The smallest absolute Gasteiger partial charge is 0.265 e. The predicted octanol–water partition coefficient (Wildman–Crippen LogP) is 3.88. The molecule has 124 valence electrons. The number of nitrogens with zero attached hydrogens (tertiary/aromatic N) is 1. The van der Waals surface area contributed by atoms with E-state index in [-0.39, 0.29) is 18.3 Å². The van der Waals surface area contributed by atoms with Crippen molar-refractivity contribution in [3.05, 3.63) is 72.8 Å². The lowest BCUT2D eigenvalue weighted by Crippen LogP contribution is -2.35. The quantitative estimate of drug-likeness (QED) is 0.547. The van der Waals surface area contributed by atoms with Gasteiger partial charge in [-0.3, -0.25) is 9.59 Å². The van der Waals surface area contributed by atoms with E-state index >= 15 is 0 Å². The van der Waals surface area contributed by atoms with Crippen LogP contribution in [-0.4, -0.2) is 24.8 Å². The van der Waals surface area contributed by atoms with E-state index in [1.807, 2.05) is 37.3 Å². The molecule has 1 amide bonds. The van der Waals surface area contributed by atoms with Crippen molar-refractivity contribution in [2.45, 2.75) is 13.3 Å². The summed E-state index contributed by atoms with van der Waals surface area (Å²) < 4.78 is 5.55. The van der Waals surface area contributed by atoms with Gasteiger partial charge in [0, 0.05) is 24.2 Å². The number of benzene rings is 2. The monoisotopic (exact) mass is 323 g/mol. The number of Topliss-reactive ketones (excluding diaryl/α,β-unsaturated/α-hetero) is 1. The van der Waals surface area contributed by atoms with Crippen molar-refractivity contribution >= 4 is 17.4 Å². The Balaban J connectivity index is 2.00. The van der Waals surface area contributed by atoms with Crippen LogP contribution in [0.1, 0.15) is 23.7 Å². The molecule has 0 aliphatic carbocycles. The molecular formula is C20H21NO3. The summed E-state index contributed by atoms with van der Waals surface area (Å²) in [6.07, 6.45) is 2.14. The van der Waals surface area contributed by atoms with Crippen molar-refractivity contribution in [1.29, 1.82) is 0 Å². The zero-order valence-electron chi connectivity index (χ0n) is 13.8. The second kappa shape index (κ2) is 8.67. The van der Waals surface area contributed by atoms with Crippen molar-refractivity contribution in [3.8, 4) is 5.75 Å². The molecule has 0 heterocycles. The van der Waals surface area contributed by atoms with Gasteiger partial charge in [-0.1, -0.05) is 31.2 Å². The van der Waals surface area contributed by atoms with Crippen LogP contribution in [0.4, 0.5) is 5.69 Å². The number of anilines is 1. The molecule has 0 fully saturated rings. The van der Waals surface area contributed by atoms with Crippen LogP contribution in [0.15, 0.2) is 67.3 Å². The van der Waals surface area contributed by atoms with E-state index in [0.29, 0.717) is 24.3 Å². The standard InChI is InChI=1S/C20H21NO3/c1-3-14-21(17-8-6-5-7-9-17)20(23)15-24-18-12-10-16(11-13-18)19(22)4-2/h3,5-13H,1,4,14-15H2,2H3. The van der Waals surface area contributed by atoms with E-state index in [2.05, 4.69) is 6.58 Å². The minimum absolute atomic E-state index is 0.0796. The van der Waals surface area contributed by atoms with E-state index in [1.165, 1.54) is 0 Å². The zero-order valence-corrected chi connectivity index (χ0v) is 13.8. The molecule has 0 atom stereocenters. The molecule has 4 nitrogen and oxygen atoms in total. The van der Waals surface area contributed by atoms with Gasteiger partial charge in [-0.15, -0.1) is 6.58 Å². The van der Waals surface area contributed by atoms with Gasteiger partial charge in [-0.05, 0) is 36.4 Å². The summed E-state index contributed by atoms with van der Waals surface area (Å²) in [6.45, 7) is 5.85. The first-order valence-corrected chi connectivity index (χ1v) is 7.88. The third kappa shape index (κ3) is 4.56. The fraction of sp³-hybridized carbons (Fsp3) is 0.200. The SMILES string of the molecule is C=CCN(C(=O)COc1ccc(C(=O)CC)cc1)c1ccccc1. The molecule has 2 aromatic rings. The fourth-order valence-corrected chi connectivity index (χ4v) is 2.25. The number of ether oxygens (including phenoxy) is 1. The van der Waals surface area contributed by atoms with Crippen molar-refractivity contribution in [2.24, 2.45) is 0 Å². The highest BCUT2D eigenvalue weighted by atomic mass is 16.5. The van der Waals surface area contributed by atoms with Crippen molar-refractivity contribution in [1.82, 2.24) is 0 Å². The number of carbonyl (C=O) groups excluding carboxylic acids is 2. The summed E-state index contributed by atoms with van der Waals surface area (Å²) in [5.74, 6) is 0.483. The Morgan fingerprint density at radius 1 is 1.08 bits per heavy atom. The number of hydrogen-bond acceptors (Lipinski definition) is 3. The summed E-state index contributed by atoms with van der Waals surface area (Å²) in [4.78, 5) is 25.6. The number of ketones is 1. The molecule has 0 unspecified atom stereocenters. The molecule has 0 aliphatic heterocycles. The van der Waals surface area contributed by atoms with Crippen LogP contribution in [0.2, 0.25) is 0 Å². The number of hydrogen-bond donors (Lipinski definition) is 0. The Kier molecular flexibility index (Phi) is 6.32. The molecule has 0 aliphatic rings. The van der Waals surface area contributed by atoms with E-state index in [1.54, 1.807) is 35.2 Å². The van der Waals surface area contributed by atoms with Crippen LogP contribution in [0, 0.1) is 0 Å². The molecule has 0 saturated carbocycles. The summed E-state index contributed by atoms with van der Waals surface area (Å²) in [6, 6.07) is 16.2. The van der Waals surface area contributed by atoms with E-state index < -0.39 is 0 Å². The lowest BCUT2D eigenvalue weighted by Gasteiger charge is -2.21. The fourth-order valence-electron chi connectivity index (χ4n) is 2.25. The first kappa shape index (κ1) is 17.5. The Bertz CT molecular complexity index is 693. The number of para-hydroxylation sites is 1. The van der Waals surface area contributed by atoms with Gasteiger partial charge in [-0.25, -0.2) is 0 Å². The van der Waals surface area contributed by atoms with Crippen LogP contribution in [0.3, 0.4) is 0 Å². The van der Waals surface area contributed by atoms with Crippen LogP contribution >= 0.6 is 0 Å². The van der Waals surface area contributed by atoms with Crippen molar-refractivity contribution in [2.75, 3.05) is 18.1 Å². The predicted molar refractivity (Wildman–Crippen MR) is 95.6 cm³/mol. The van der Waals surface area contributed by atoms with Gasteiger partial charge >= 0.3 is 0 Å². The summed E-state index contributed by atoms with van der Waals surface area (Å²) in [7, 11) is 0. The highest BCUT2D eigenvalue weighted by molar-refractivity contribution is 5.96. The molecule has 2 rings (SSSR count). The van der Waals surface area contributed by atoms with Crippen LogP contribution in [0.25, 0.3) is 0 Å². The molecule has 4 heteroatoms. The van der Waals surface area contributed by atoms with Gasteiger partial charge in [0.05, 0.1) is 0 Å². The van der Waals surface area contributed by atoms with Crippen LogP contribution in [-0.2, 0) is 4.79 Å². The van der Waals surface area contributed by atoms with Gasteiger partial charge < -0.3 is 9.64 Å². The second-order valence-electron chi connectivity index (χ2n) is 5.22. The average molecular weight is 323 g/mol. The van der Waals surface area contributed by atoms with Gasteiger partial charge in [0.25, 0.3) is 5.91 Å². The van der Waals surface area contributed by atoms with Gasteiger partial charge in [0.15, 0.2) is 12.4 Å². The van der Waals surface area contributed by atoms with E-state index in [4.69, 9.17) is 4.74 Å². The van der Waals surface area contributed by atoms with Gasteiger partial charge in [0.1, 0.15) is 5.75 Å². The first-order valence-electron chi connectivity index (χ1n) is 7.88. The largest absolute Gasteiger partial charge is 0.484 e. The molecule has 0 radical (unpaired) electrons. The molecular weight excluding hydrogens is 302 g/mol. The lowest BCUT2D eigenvalue weighted by molar-refractivity contribution is -0.120. The highest BCUT2D eigenvalue weighted by Crippen LogP contribution is 2.16. The molecule has 24 heavy (non-hydrogen) atoms. The molecule has 0 spiro atoms. The Morgan fingerprint density at radius 3 is 2.33 bits per heavy atom. The van der Waals surface area contributed by atoms with Crippen molar-refractivity contribution < 1.29 is 14.3 Å². The zero-order chi connectivity index (χ0) is 17.4. The Hall–Kier alpha value is -2.88. The van der Waals surface area contributed by atoms with Gasteiger partial charge in [-0.2, -0.15) is 0 Å². The number of carbonyl (C=O) groups is 2. The van der Waals surface area contributed by atoms with Gasteiger partial charge in [0.2, 0.25) is 0 Å². The first-order chi connectivity index (χ1) is 11.7. The minimum Gasteiger partial charge on any atom is -0.484 e. The number of rotatable bonds is 8. The maximum Gasteiger partial charge on any atom is 0.265 e. The third-order valence-electron chi connectivity index (χ3n) is 3.54. The third-order valence-corrected chi connectivity index (χ3v) is 3.54. The number of amides is 1. The molecule has 0 bridgehead atoms. The maximum absolute atomic E-state index is 12.4. The highest BCUT2D eigenvalue weighted by Gasteiger charge is 2.15. The van der Waals surface area contributed by atoms with Crippen LogP contribution in [0.5, 0.6) is 5.75 Å². The molecule has 0 aromatic heterocycles. The normalized spacial score (nSPS) is 10.0. The Morgan fingerprint density at radius 2 is 1.75 bits per heavy atom. The second-order valence-corrected chi connectivity index (χ2v) is 5.22. The average Bonchev–Trinajstić information content (AvgIpc) is 2.64. The van der Waals surface area contributed by atoms with Crippen LogP contribution < -0.4 is 9.64 Å². The molecule has 2 aromatic carbocycles. The van der Waals surface area contributed by atoms with E-state index in [0.717, 1.165) is 5.69 Å². The van der Waals surface area contributed by atoms with Crippen molar-refractivity contribution in [3.63, 3.8) is 0 Å². The molecule has 0 saturated heterocycles. The lowest BCUT2D eigenvalue weighted by atomic mass is 10.1.